The molecule has 0 amide bonds. The molecule has 0 bridgehead atoms. The minimum atomic E-state index is -1.16. The first-order chi connectivity index (χ1) is 9.06. The third-order valence-corrected chi connectivity index (χ3v) is 2.58. The zero-order chi connectivity index (χ0) is 13.8. The van der Waals surface area contributed by atoms with E-state index in [0.717, 1.165) is 11.8 Å². The number of carboxylic acid groups (broad SMARTS) is 1. The second kappa shape index (κ2) is 5.48. The second-order valence-electron chi connectivity index (χ2n) is 4.04. The van der Waals surface area contributed by atoms with Gasteiger partial charge in [-0.3, -0.25) is 4.98 Å². The second-order valence-corrected chi connectivity index (χ2v) is 4.04. The van der Waals surface area contributed by atoms with Gasteiger partial charge in [0.1, 0.15) is 18.2 Å². The Balaban J connectivity index is 2.07. The standard InChI is InChI=1S/C14H12FNO3/c1-9-2-5-12(7-16-9)19-8-11-4-3-10(14(17)18)6-13(11)15/h2-7H,8H2,1H3,(H,17,18). The van der Waals surface area contributed by atoms with Crippen molar-refractivity contribution < 1.29 is 19.0 Å². The van der Waals surface area contributed by atoms with Gasteiger partial charge in [0.15, 0.2) is 0 Å². The van der Waals surface area contributed by atoms with Gasteiger partial charge < -0.3 is 9.84 Å². The topological polar surface area (TPSA) is 59.4 Å². The number of aryl methyl sites for hydroxylation is 1. The largest absolute Gasteiger partial charge is 0.487 e. The molecule has 0 fully saturated rings. The van der Waals surface area contributed by atoms with E-state index in [1.165, 1.54) is 12.1 Å². The van der Waals surface area contributed by atoms with Crippen molar-refractivity contribution in [2.45, 2.75) is 13.5 Å². The van der Waals surface area contributed by atoms with Crippen molar-refractivity contribution in [1.29, 1.82) is 0 Å². The average Bonchev–Trinajstić information content (AvgIpc) is 2.39. The lowest BCUT2D eigenvalue weighted by Gasteiger charge is -2.07. The molecule has 19 heavy (non-hydrogen) atoms. The summed E-state index contributed by atoms with van der Waals surface area (Å²) in [5.41, 5.74) is 1.08. The van der Waals surface area contributed by atoms with Crippen LogP contribution in [0.25, 0.3) is 0 Å². The number of ether oxygens (including phenoxy) is 1. The molecule has 1 N–H and O–H groups in total. The molecule has 1 aromatic heterocycles. The van der Waals surface area contributed by atoms with Crippen LogP contribution in [0.5, 0.6) is 5.75 Å². The predicted octanol–water partition coefficient (Wildman–Crippen LogP) is 2.81. The van der Waals surface area contributed by atoms with Gasteiger partial charge in [0.2, 0.25) is 0 Å². The van der Waals surface area contributed by atoms with Crippen molar-refractivity contribution in [2.75, 3.05) is 0 Å². The van der Waals surface area contributed by atoms with Gasteiger partial charge in [-0.25, -0.2) is 9.18 Å². The summed E-state index contributed by atoms with van der Waals surface area (Å²) >= 11 is 0. The first-order valence-corrected chi connectivity index (χ1v) is 5.63. The zero-order valence-corrected chi connectivity index (χ0v) is 10.3. The SMILES string of the molecule is Cc1ccc(OCc2ccc(C(=O)O)cc2F)cn1. The lowest BCUT2D eigenvalue weighted by molar-refractivity contribution is 0.0696. The van der Waals surface area contributed by atoms with E-state index in [-0.39, 0.29) is 12.2 Å². The van der Waals surface area contributed by atoms with Crippen LogP contribution >= 0.6 is 0 Å². The molecule has 2 aromatic rings. The number of carbonyl (C=O) groups is 1. The fourth-order valence-electron chi connectivity index (χ4n) is 1.50. The van der Waals surface area contributed by atoms with E-state index in [1.807, 2.05) is 6.92 Å². The Labute approximate surface area is 109 Å². The number of halogens is 1. The molecule has 0 aliphatic rings. The molecule has 0 saturated heterocycles. The summed E-state index contributed by atoms with van der Waals surface area (Å²) in [5, 5.41) is 8.73. The number of hydrogen-bond acceptors (Lipinski definition) is 3. The summed E-state index contributed by atoms with van der Waals surface area (Å²) in [6.45, 7) is 1.88. The maximum absolute atomic E-state index is 13.6. The first-order valence-electron chi connectivity index (χ1n) is 5.63. The maximum atomic E-state index is 13.6. The number of benzene rings is 1. The lowest BCUT2D eigenvalue weighted by Crippen LogP contribution is -2.02. The molecule has 0 unspecified atom stereocenters. The molecule has 4 nitrogen and oxygen atoms in total. The van der Waals surface area contributed by atoms with Crippen molar-refractivity contribution in [3.8, 4) is 5.75 Å². The summed E-state index contributed by atoms with van der Waals surface area (Å²) < 4.78 is 19.0. The highest BCUT2D eigenvalue weighted by Gasteiger charge is 2.08. The van der Waals surface area contributed by atoms with Crippen LogP contribution < -0.4 is 4.74 Å². The quantitative estimate of drug-likeness (QED) is 0.919. The van der Waals surface area contributed by atoms with E-state index < -0.39 is 11.8 Å². The van der Waals surface area contributed by atoms with Crippen LogP contribution in [-0.4, -0.2) is 16.1 Å². The van der Waals surface area contributed by atoms with E-state index >= 15 is 0 Å². The highest BCUT2D eigenvalue weighted by Crippen LogP contribution is 2.15. The summed E-state index contributed by atoms with van der Waals surface area (Å²) in [6, 6.07) is 7.26. The molecule has 2 rings (SSSR count). The van der Waals surface area contributed by atoms with Crippen LogP contribution in [0.3, 0.4) is 0 Å². The van der Waals surface area contributed by atoms with Gasteiger partial charge in [0.25, 0.3) is 0 Å². The Bertz CT molecular complexity index is 596. The number of pyridine rings is 1. The number of aromatic carboxylic acids is 1. The minimum absolute atomic E-state index is 0.0243. The van der Waals surface area contributed by atoms with Gasteiger partial charge in [0, 0.05) is 11.3 Å². The third kappa shape index (κ3) is 3.28. The van der Waals surface area contributed by atoms with Crippen molar-refractivity contribution >= 4 is 5.97 Å². The number of carboxylic acids is 1. The Kier molecular flexibility index (Phi) is 3.75. The predicted molar refractivity (Wildman–Crippen MR) is 66.7 cm³/mol. The van der Waals surface area contributed by atoms with Gasteiger partial charge in [-0.15, -0.1) is 0 Å². The van der Waals surface area contributed by atoms with E-state index in [4.69, 9.17) is 9.84 Å². The molecule has 0 saturated carbocycles. The van der Waals surface area contributed by atoms with Crippen molar-refractivity contribution in [3.63, 3.8) is 0 Å². The minimum Gasteiger partial charge on any atom is -0.487 e. The average molecular weight is 261 g/mol. The van der Waals surface area contributed by atoms with Gasteiger partial charge in [-0.1, -0.05) is 6.07 Å². The van der Waals surface area contributed by atoms with Gasteiger partial charge in [-0.2, -0.15) is 0 Å². The lowest BCUT2D eigenvalue weighted by atomic mass is 10.1. The van der Waals surface area contributed by atoms with Gasteiger partial charge >= 0.3 is 5.97 Å². The zero-order valence-electron chi connectivity index (χ0n) is 10.3. The molecule has 1 heterocycles. The van der Waals surface area contributed by atoms with E-state index in [0.29, 0.717) is 11.3 Å². The fraction of sp³-hybridized carbons (Fsp3) is 0.143. The highest BCUT2D eigenvalue weighted by molar-refractivity contribution is 5.87. The maximum Gasteiger partial charge on any atom is 0.335 e. The summed E-state index contributed by atoms with van der Waals surface area (Å²) in [6.07, 6.45) is 1.55. The van der Waals surface area contributed by atoms with E-state index in [9.17, 15) is 9.18 Å². The van der Waals surface area contributed by atoms with Crippen LogP contribution in [-0.2, 0) is 6.61 Å². The van der Waals surface area contributed by atoms with Crippen LogP contribution in [0.15, 0.2) is 36.5 Å². The van der Waals surface area contributed by atoms with Crippen LogP contribution in [0, 0.1) is 12.7 Å². The molecular formula is C14H12FNO3. The Morgan fingerprint density at radius 1 is 1.37 bits per heavy atom. The van der Waals surface area contributed by atoms with Crippen molar-refractivity contribution in [3.05, 3.63) is 59.2 Å². The number of hydrogen-bond donors (Lipinski definition) is 1. The van der Waals surface area contributed by atoms with Gasteiger partial charge in [0.05, 0.1) is 11.8 Å². The molecule has 0 atom stereocenters. The number of rotatable bonds is 4. The molecule has 0 aliphatic carbocycles. The molecule has 98 valence electrons. The van der Waals surface area contributed by atoms with Crippen molar-refractivity contribution in [1.82, 2.24) is 4.98 Å². The Morgan fingerprint density at radius 2 is 2.16 bits per heavy atom. The summed E-state index contributed by atoms with van der Waals surface area (Å²) in [5.74, 6) is -1.22. The number of nitrogens with zero attached hydrogens (tertiary/aromatic N) is 1. The molecule has 0 radical (unpaired) electrons. The normalized spacial score (nSPS) is 10.2. The molecule has 0 aliphatic heterocycles. The molecule has 1 aromatic carbocycles. The first kappa shape index (κ1) is 13.0. The van der Waals surface area contributed by atoms with Crippen LogP contribution in [0.2, 0.25) is 0 Å². The Morgan fingerprint density at radius 3 is 2.74 bits per heavy atom. The molecular weight excluding hydrogens is 249 g/mol. The molecule has 5 heteroatoms. The van der Waals surface area contributed by atoms with E-state index in [1.54, 1.807) is 18.3 Å². The van der Waals surface area contributed by atoms with E-state index in [2.05, 4.69) is 4.98 Å². The monoisotopic (exact) mass is 261 g/mol. The van der Waals surface area contributed by atoms with Crippen LogP contribution in [0.4, 0.5) is 4.39 Å². The van der Waals surface area contributed by atoms with Crippen molar-refractivity contribution in [2.24, 2.45) is 0 Å². The fourth-order valence-corrected chi connectivity index (χ4v) is 1.50. The van der Waals surface area contributed by atoms with Crippen LogP contribution in [0.1, 0.15) is 21.6 Å². The number of aromatic nitrogens is 1. The Hall–Kier alpha value is -2.43. The smallest absolute Gasteiger partial charge is 0.335 e. The van der Waals surface area contributed by atoms with Gasteiger partial charge in [-0.05, 0) is 31.2 Å². The highest BCUT2D eigenvalue weighted by atomic mass is 19.1. The summed E-state index contributed by atoms with van der Waals surface area (Å²) in [7, 11) is 0. The molecule has 0 spiro atoms. The third-order valence-electron chi connectivity index (χ3n) is 2.58. The summed E-state index contributed by atoms with van der Waals surface area (Å²) in [4.78, 5) is 14.7.